The van der Waals surface area contributed by atoms with E-state index in [0.29, 0.717) is 22.4 Å². The molecule has 102 valence electrons. The molecule has 0 fully saturated rings. The Morgan fingerprint density at radius 2 is 2.10 bits per heavy atom. The summed E-state index contributed by atoms with van der Waals surface area (Å²) in [4.78, 5) is 4.19. The van der Waals surface area contributed by atoms with Crippen molar-refractivity contribution in [3.63, 3.8) is 0 Å². The molecule has 2 aromatic heterocycles. The second kappa shape index (κ2) is 5.37. The number of nitrogens with zero attached hydrogens (tertiary/aromatic N) is 6. The van der Waals surface area contributed by atoms with Crippen molar-refractivity contribution in [2.75, 3.05) is 0 Å². The number of halogens is 1. The number of rotatable bonds is 4. The van der Waals surface area contributed by atoms with E-state index in [9.17, 15) is 4.39 Å². The number of aryl methyl sites for hydroxylation is 1. The SMILES string of the molecule is Cc1nc(SCc2nnnn2-c2ccc(F)cc2)n[nH]1. The van der Waals surface area contributed by atoms with Gasteiger partial charge in [0.1, 0.15) is 11.6 Å². The second-order valence-electron chi connectivity index (χ2n) is 3.98. The number of hydrogen-bond donors (Lipinski definition) is 1. The molecule has 0 saturated heterocycles. The molecule has 3 rings (SSSR count). The largest absolute Gasteiger partial charge is 0.262 e. The maximum atomic E-state index is 12.9. The molecule has 0 bridgehead atoms. The fourth-order valence-corrected chi connectivity index (χ4v) is 2.34. The van der Waals surface area contributed by atoms with Crippen LogP contribution in [0.15, 0.2) is 29.4 Å². The predicted molar refractivity (Wildman–Crippen MR) is 69.8 cm³/mol. The Labute approximate surface area is 117 Å². The van der Waals surface area contributed by atoms with Crippen molar-refractivity contribution in [2.24, 2.45) is 0 Å². The molecule has 9 heteroatoms. The van der Waals surface area contributed by atoms with E-state index >= 15 is 0 Å². The van der Waals surface area contributed by atoms with Gasteiger partial charge < -0.3 is 0 Å². The van der Waals surface area contributed by atoms with Gasteiger partial charge >= 0.3 is 0 Å². The molecule has 0 aliphatic carbocycles. The van der Waals surface area contributed by atoms with Crippen LogP contribution in [-0.2, 0) is 5.75 Å². The fraction of sp³-hybridized carbons (Fsp3) is 0.182. The van der Waals surface area contributed by atoms with Crippen molar-refractivity contribution in [3.8, 4) is 5.69 Å². The van der Waals surface area contributed by atoms with E-state index < -0.39 is 0 Å². The van der Waals surface area contributed by atoms with Crippen molar-refractivity contribution >= 4 is 11.8 Å². The minimum absolute atomic E-state index is 0.297. The Morgan fingerprint density at radius 3 is 2.80 bits per heavy atom. The minimum Gasteiger partial charge on any atom is -0.262 e. The van der Waals surface area contributed by atoms with E-state index in [1.807, 2.05) is 6.92 Å². The van der Waals surface area contributed by atoms with Crippen molar-refractivity contribution in [2.45, 2.75) is 17.8 Å². The highest BCUT2D eigenvalue weighted by Gasteiger charge is 2.10. The predicted octanol–water partition coefficient (Wildman–Crippen LogP) is 1.52. The van der Waals surface area contributed by atoms with Gasteiger partial charge in [-0.2, -0.15) is 4.68 Å². The van der Waals surface area contributed by atoms with Crippen molar-refractivity contribution in [1.29, 1.82) is 0 Å². The van der Waals surface area contributed by atoms with Crippen LogP contribution in [0, 0.1) is 12.7 Å². The van der Waals surface area contributed by atoms with Crippen LogP contribution in [0.25, 0.3) is 5.69 Å². The molecule has 0 aliphatic heterocycles. The van der Waals surface area contributed by atoms with Crippen LogP contribution in [-0.4, -0.2) is 35.4 Å². The smallest absolute Gasteiger partial charge is 0.208 e. The average Bonchev–Trinajstić information content (AvgIpc) is 3.06. The van der Waals surface area contributed by atoms with E-state index in [2.05, 4.69) is 30.7 Å². The van der Waals surface area contributed by atoms with E-state index in [-0.39, 0.29) is 5.82 Å². The number of benzene rings is 1. The summed E-state index contributed by atoms with van der Waals surface area (Å²) in [6, 6.07) is 5.98. The number of tetrazole rings is 1. The highest BCUT2D eigenvalue weighted by Crippen LogP contribution is 2.19. The topological polar surface area (TPSA) is 85.2 Å². The standard InChI is InChI=1S/C11H10FN7S/c1-7-13-11(16-14-7)20-6-10-15-17-18-19(10)9-4-2-8(12)3-5-9/h2-5H,6H2,1H3,(H,13,14,16). The quantitative estimate of drug-likeness (QED) is 0.734. The third-order valence-electron chi connectivity index (χ3n) is 2.51. The van der Waals surface area contributed by atoms with E-state index in [1.165, 1.54) is 23.9 Å². The van der Waals surface area contributed by atoms with Crippen LogP contribution in [0.4, 0.5) is 4.39 Å². The number of thioether (sulfide) groups is 1. The lowest BCUT2D eigenvalue weighted by Crippen LogP contribution is -2.02. The summed E-state index contributed by atoms with van der Waals surface area (Å²) in [7, 11) is 0. The molecule has 3 aromatic rings. The first kappa shape index (κ1) is 12.7. The normalized spacial score (nSPS) is 10.9. The van der Waals surface area contributed by atoms with Gasteiger partial charge in [-0.15, -0.1) is 10.2 Å². The Hall–Kier alpha value is -2.29. The van der Waals surface area contributed by atoms with Gasteiger partial charge in [-0.1, -0.05) is 11.8 Å². The number of nitrogens with one attached hydrogen (secondary N) is 1. The molecule has 0 aliphatic rings. The molecule has 2 heterocycles. The third-order valence-corrected chi connectivity index (χ3v) is 3.36. The van der Waals surface area contributed by atoms with Crippen LogP contribution in [0.5, 0.6) is 0 Å². The van der Waals surface area contributed by atoms with Gasteiger partial charge in [0.05, 0.1) is 11.4 Å². The molecule has 7 nitrogen and oxygen atoms in total. The molecular formula is C11H10FN7S. The highest BCUT2D eigenvalue weighted by atomic mass is 32.2. The maximum Gasteiger partial charge on any atom is 0.208 e. The average molecular weight is 291 g/mol. The Bertz CT molecular complexity index is 706. The molecule has 1 aromatic carbocycles. The highest BCUT2D eigenvalue weighted by molar-refractivity contribution is 7.98. The summed E-state index contributed by atoms with van der Waals surface area (Å²) >= 11 is 1.42. The number of hydrogen-bond acceptors (Lipinski definition) is 6. The van der Waals surface area contributed by atoms with Gasteiger partial charge in [-0.3, -0.25) is 5.10 Å². The first-order valence-corrected chi connectivity index (χ1v) is 6.76. The summed E-state index contributed by atoms with van der Waals surface area (Å²) < 4.78 is 14.5. The summed E-state index contributed by atoms with van der Waals surface area (Å²) in [5.41, 5.74) is 0.707. The van der Waals surface area contributed by atoms with Crippen LogP contribution < -0.4 is 0 Å². The first-order chi connectivity index (χ1) is 9.72. The first-order valence-electron chi connectivity index (χ1n) is 5.77. The Kier molecular flexibility index (Phi) is 3.42. The van der Waals surface area contributed by atoms with Crippen LogP contribution in [0.2, 0.25) is 0 Å². The second-order valence-corrected chi connectivity index (χ2v) is 4.92. The molecule has 1 N–H and O–H groups in total. The zero-order valence-corrected chi connectivity index (χ0v) is 11.3. The number of H-pyrrole nitrogens is 1. The Balaban J connectivity index is 1.78. The van der Waals surface area contributed by atoms with Crippen molar-refractivity contribution < 1.29 is 4.39 Å². The lowest BCUT2D eigenvalue weighted by atomic mass is 10.3. The lowest BCUT2D eigenvalue weighted by molar-refractivity contribution is 0.626. The molecule has 0 amide bonds. The molecule has 0 spiro atoms. The van der Waals surface area contributed by atoms with E-state index in [4.69, 9.17) is 0 Å². The van der Waals surface area contributed by atoms with E-state index in [1.54, 1.807) is 16.8 Å². The van der Waals surface area contributed by atoms with Crippen molar-refractivity contribution in [1.82, 2.24) is 35.4 Å². The zero-order chi connectivity index (χ0) is 13.9. The summed E-state index contributed by atoms with van der Waals surface area (Å²) in [6.07, 6.45) is 0. The van der Waals surface area contributed by atoms with Crippen LogP contribution in [0.3, 0.4) is 0 Å². The van der Waals surface area contributed by atoms with Gasteiger partial charge in [0, 0.05) is 0 Å². The van der Waals surface area contributed by atoms with Gasteiger partial charge in [0.2, 0.25) is 5.16 Å². The summed E-state index contributed by atoms with van der Waals surface area (Å²) in [6.45, 7) is 1.83. The van der Waals surface area contributed by atoms with Crippen molar-refractivity contribution in [3.05, 3.63) is 41.7 Å². The van der Waals surface area contributed by atoms with Gasteiger partial charge in [0.15, 0.2) is 5.82 Å². The van der Waals surface area contributed by atoms with Gasteiger partial charge in [0.25, 0.3) is 0 Å². The van der Waals surface area contributed by atoms with Gasteiger partial charge in [-0.05, 0) is 41.6 Å². The van der Waals surface area contributed by atoms with Crippen LogP contribution >= 0.6 is 11.8 Å². The maximum absolute atomic E-state index is 12.9. The molecular weight excluding hydrogens is 281 g/mol. The lowest BCUT2D eigenvalue weighted by Gasteiger charge is -2.03. The zero-order valence-electron chi connectivity index (χ0n) is 10.5. The fourth-order valence-electron chi connectivity index (χ4n) is 1.59. The molecule has 20 heavy (non-hydrogen) atoms. The third kappa shape index (κ3) is 2.67. The Morgan fingerprint density at radius 1 is 1.30 bits per heavy atom. The summed E-state index contributed by atoms with van der Waals surface area (Å²) in [5.74, 6) is 1.62. The summed E-state index contributed by atoms with van der Waals surface area (Å²) in [5, 5.41) is 18.9. The van der Waals surface area contributed by atoms with E-state index in [0.717, 1.165) is 5.82 Å². The molecule has 0 saturated carbocycles. The molecule has 0 radical (unpaired) electrons. The monoisotopic (exact) mass is 291 g/mol. The van der Waals surface area contributed by atoms with Crippen LogP contribution in [0.1, 0.15) is 11.6 Å². The molecule has 0 atom stereocenters. The van der Waals surface area contributed by atoms with Gasteiger partial charge in [-0.25, -0.2) is 9.37 Å². The number of aromatic nitrogens is 7. The minimum atomic E-state index is -0.297. The number of aromatic amines is 1. The molecule has 0 unspecified atom stereocenters.